The molecule has 3 rings (SSSR count). The van der Waals surface area contributed by atoms with Crippen LogP contribution in [0.4, 0.5) is 0 Å². The van der Waals surface area contributed by atoms with Crippen LogP contribution >= 0.6 is 11.6 Å². The van der Waals surface area contributed by atoms with Crippen LogP contribution in [-0.4, -0.2) is 27.1 Å². The molecule has 1 aromatic heterocycles. The number of rotatable bonds is 8. The highest BCUT2D eigenvalue weighted by atomic mass is 35.5. The van der Waals surface area contributed by atoms with Crippen molar-refractivity contribution in [3.8, 4) is 17.3 Å². The summed E-state index contributed by atoms with van der Waals surface area (Å²) in [5, 5.41) is 5.37. The average molecular weight is 440 g/mol. The Labute approximate surface area is 189 Å². The Morgan fingerprint density at radius 3 is 2.42 bits per heavy atom. The van der Waals surface area contributed by atoms with Crippen molar-refractivity contribution >= 4 is 17.5 Å². The van der Waals surface area contributed by atoms with Crippen LogP contribution in [0, 0.1) is 18.8 Å². The van der Waals surface area contributed by atoms with Crippen molar-refractivity contribution < 1.29 is 9.53 Å². The zero-order valence-corrected chi connectivity index (χ0v) is 19.6. The predicted octanol–water partition coefficient (Wildman–Crippen LogP) is 6.27. The molecule has 5 nitrogen and oxygen atoms in total. The van der Waals surface area contributed by atoms with Gasteiger partial charge in [-0.2, -0.15) is 5.10 Å². The highest BCUT2D eigenvalue weighted by Gasteiger charge is 2.25. The summed E-state index contributed by atoms with van der Waals surface area (Å²) in [5.74, 6) is 1.69. The molecule has 3 aromatic rings. The normalized spacial score (nSPS) is 11.2. The van der Waals surface area contributed by atoms with E-state index in [2.05, 4.69) is 13.8 Å². The van der Waals surface area contributed by atoms with Crippen LogP contribution in [0.2, 0.25) is 5.02 Å². The Kier molecular flexibility index (Phi) is 7.39. The van der Waals surface area contributed by atoms with E-state index in [1.165, 1.54) is 0 Å². The molecule has 0 aliphatic carbocycles. The summed E-state index contributed by atoms with van der Waals surface area (Å²) in [6.45, 7) is 11.1. The van der Waals surface area contributed by atoms with Gasteiger partial charge < -0.3 is 9.64 Å². The summed E-state index contributed by atoms with van der Waals surface area (Å²) in [6.07, 6.45) is 0. The number of benzene rings is 2. The molecule has 0 saturated carbocycles. The largest absolute Gasteiger partial charge is 0.439 e. The van der Waals surface area contributed by atoms with E-state index in [0.717, 1.165) is 16.9 Å². The lowest BCUT2D eigenvalue weighted by molar-refractivity contribution is -0.135. The van der Waals surface area contributed by atoms with Gasteiger partial charge >= 0.3 is 0 Å². The van der Waals surface area contributed by atoms with Crippen molar-refractivity contribution in [2.24, 2.45) is 11.8 Å². The van der Waals surface area contributed by atoms with Gasteiger partial charge in [0.15, 0.2) is 0 Å². The summed E-state index contributed by atoms with van der Waals surface area (Å²) in [7, 11) is 0. The maximum absolute atomic E-state index is 12.9. The highest BCUT2D eigenvalue weighted by molar-refractivity contribution is 6.30. The average Bonchev–Trinajstić information content (AvgIpc) is 3.02. The maximum Gasteiger partial charge on any atom is 0.227 e. The predicted molar refractivity (Wildman–Crippen MR) is 125 cm³/mol. The summed E-state index contributed by atoms with van der Waals surface area (Å²) >= 11 is 6.24. The lowest BCUT2D eigenvalue weighted by atomic mass is 10.1. The molecule has 0 N–H and O–H groups in total. The fourth-order valence-electron chi connectivity index (χ4n) is 3.44. The first kappa shape index (κ1) is 22.9. The van der Waals surface area contributed by atoms with Crippen molar-refractivity contribution in [3.63, 3.8) is 0 Å². The molecule has 1 amide bonds. The summed E-state index contributed by atoms with van der Waals surface area (Å²) in [5.41, 5.74) is 2.51. The standard InChI is InChI=1S/C25H30ClN3O2/c1-17(2)15-28(24(30)18(3)4)16-23-19(5)27-29(21-11-9-10-20(26)14-21)25(23)31-22-12-7-6-8-13-22/h6-14,17-18H,15-16H2,1-5H3. The van der Waals surface area contributed by atoms with Crippen molar-refractivity contribution in [2.45, 2.75) is 41.2 Å². The van der Waals surface area contributed by atoms with Gasteiger partial charge in [-0.25, -0.2) is 4.68 Å². The van der Waals surface area contributed by atoms with E-state index in [0.29, 0.717) is 35.7 Å². The Morgan fingerprint density at radius 1 is 1.10 bits per heavy atom. The number of hydrogen-bond acceptors (Lipinski definition) is 3. The Bertz CT molecular complexity index is 1030. The zero-order chi connectivity index (χ0) is 22.5. The molecule has 31 heavy (non-hydrogen) atoms. The minimum atomic E-state index is -0.0828. The minimum Gasteiger partial charge on any atom is -0.439 e. The number of hydrogen-bond donors (Lipinski definition) is 0. The molecule has 6 heteroatoms. The molecule has 0 aliphatic rings. The van der Waals surface area contributed by atoms with Gasteiger partial charge in [-0.1, -0.05) is 63.6 Å². The van der Waals surface area contributed by atoms with Crippen molar-refractivity contribution in [1.29, 1.82) is 0 Å². The van der Waals surface area contributed by atoms with E-state index in [9.17, 15) is 4.79 Å². The number of aromatic nitrogens is 2. The van der Waals surface area contributed by atoms with Crippen LogP contribution in [0.5, 0.6) is 11.6 Å². The molecule has 0 bridgehead atoms. The van der Waals surface area contributed by atoms with E-state index in [-0.39, 0.29) is 11.8 Å². The third-order valence-corrected chi connectivity index (χ3v) is 5.12. The lowest BCUT2D eigenvalue weighted by Gasteiger charge is -2.26. The van der Waals surface area contributed by atoms with E-state index in [4.69, 9.17) is 21.4 Å². The van der Waals surface area contributed by atoms with Crippen LogP contribution < -0.4 is 4.74 Å². The highest BCUT2D eigenvalue weighted by Crippen LogP contribution is 2.32. The van der Waals surface area contributed by atoms with Gasteiger partial charge in [0.1, 0.15) is 5.75 Å². The van der Waals surface area contributed by atoms with Gasteiger partial charge in [-0.15, -0.1) is 0 Å². The first-order valence-corrected chi connectivity index (χ1v) is 11.0. The molecule has 0 atom stereocenters. The van der Waals surface area contributed by atoms with Gasteiger partial charge in [0, 0.05) is 17.5 Å². The maximum atomic E-state index is 12.9. The zero-order valence-electron chi connectivity index (χ0n) is 18.8. The van der Waals surface area contributed by atoms with E-state index in [1.54, 1.807) is 4.68 Å². The minimum absolute atomic E-state index is 0.0828. The summed E-state index contributed by atoms with van der Waals surface area (Å²) in [6, 6.07) is 17.1. The Hall–Kier alpha value is -2.79. The fraction of sp³-hybridized carbons (Fsp3) is 0.360. The molecular weight excluding hydrogens is 410 g/mol. The van der Waals surface area contributed by atoms with Crippen molar-refractivity contribution in [1.82, 2.24) is 14.7 Å². The van der Waals surface area contributed by atoms with Gasteiger partial charge in [0.25, 0.3) is 0 Å². The second kappa shape index (κ2) is 10.0. The van der Waals surface area contributed by atoms with E-state index >= 15 is 0 Å². The molecule has 0 radical (unpaired) electrons. The monoisotopic (exact) mass is 439 g/mol. The SMILES string of the molecule is Cc1nn(-c2cccc(Cl)c2)c(Oc2ccccc2)c1CN(CC(C)C)C(=O)C(C)C. The number of para-hydroxylation sites is 1. The van der Waals surface area contributed by atoms with Crippen LogP contribution in [0.3, 0.4) is 0 Å². The second-order valence-electron chi connectivity index (χ2n) is 8.44. The third-order valence-electron chi connectivity index (χ3n) is 4.89. The molecule has 0 fully saturated rings. The van der Waals surface area contributed by atoms with E-state index in [1.807, 2.05) is 80.3 Å². The van der Waals surface area contributed by atoms with Gasteiger partial charge in [0.2, 0.25) is 11.8 Å². The van der Waals surface area contributed by atoms with Crippen LogP contribution in [-0.2, 0) is 11.3 Å². The lowest BCUT2D eigenvalue weighted by Crippen LogP contribution is -2.36. The Morgan fingerprint density at radius 2 is 1.81 bits per heavy atom. The van der Waals surface area contributed by atoms with Crippen molar-refractivity contribution in [3.05, 3.63) is 70.9 Å². The first-order valence-electron chi connectivity index (χ1n) is 10.6. The molecule has 0 unspecified atom stereocenters. The molecule has 164 valence electrons. The summed E-state index contributed by atoms with van der Waals surface area (Å²) < 4.78 is 8.08. The number of nitrogens with zero attached hydrogens (tertiary/aromatic N) is 3. The van der Waals surface area contributed by atoms with Crippen LogP contribution in [0.15, 0.2) is 54.6 Å². The number of amides is 1. The number of halogens is 1. The van der Waals surface area contributed by atoms with Crippen LogP contribution in [0.25, 0.3) is 5.69 Å². The first-order chi connectivity index (χ1) is 14.8. The number of carbonyl (C=O) groups is 1. The van der Waals surface area contributed by atoms with Crippen LogP contribution in [0.1, 0.15) is 39.0 Å². The second-order valence-corrected chi connectivity index (χ2v) is 8.88. The number of ether oxygens (including phenoxy) is 1. The third kappa shape index (κ3) is 5.67. The van der Waals surface area contributed by atoms with Gasteiger partial charge in [-0.05, 0) is 43.2 Å². The number of aryl methyl sites for hydroxylation is 1. The molecule has 0 saturated heterocycles. The fourth-order valence-corrected chi connectivity index (χ4v) is 3.62. The van der Waals surface area contributed by atoms with Gasteiger partial charge in [-0.3, -0.25) is 4.79 Å². The molecule has 2 aromatic carbocycles. The van der Waals surface area contributed by atoms with Gasteiger partial charge in [0.05, 0.1) is 23.5 Å². The summed E-state index contributed by atoms with van der Waals surface area (Å²) in [4.78, 5) is 14.8. The Balaban J connectivity index is 2.08. The number of carbonyl (C=O) groups excluding carboxylic acids is 1. The molecular formula is C25H30ClN3O2. The smallest absolute Gasteiger partial charge is 0.227 e. The van der Waals surface area contributed by atoms with Crippen molar-refractivity contribution in [2.75, 3.05) is 6.54 Å². The topological polar surface area (TPSA) is 47.4 Å². The van der Waals surface area contributed by atoms with E-state index < -0.39 is 0 Å². The molecule has 0 aliphatic heterocycles. The molecule has 1 heterocycles. The quantitative estimate of drug-likeness (QED) is 0.415. The molecule has 0 spiro atoms.